The van der Waals surface area contributed by atoms with E-state index in [1.165, 1.54) is 0 Å². The standard InChI is InChI=1S/C13H20N4O2/c14-13(15)12-2-1-10(9-16-12)17-5-3-11(4-6-17)19-8-7-18/h1-2,9,11,18H,3-8H2,(H3,14,15). The normalized spacial score (nSPS) is 16.6. The fourth-order valence-corrected chi connectivity index (χ4v) is 2.23. The first kappa shape index (κ1) is 13.8. The molecule has 1 aliphatic rings. The topological polar surface area (TPSA) is 95.5 Å². The number of nitrogens with zero attached hydrogens (tertiary/aromatic N) is 2. The molecule has 6 heteroatoms. The van der Waals surface area contributed by atoms with Crippen molar-refractivity contribution in [1.82, 2.24) is 4.98 Å². The first-order valence-corrected chi connectivity index (χ1v) is 6.48. The molecule has 19 heavy (non-hydrogen) atoms. The molecule has 1 aromatic heterocycles. The SMILES string of the molecule is N=C(N)c1ccc(N2CCC(OCCO)CC2)cn1. The van der Waals surface area contributed by atoms with Gasteiger partial charge in [0.25, 0.3) is 0 Å². The molecule has 2 heterocycles. The average Bonchev–Trinajstić information content (AvgIpc) is 2.46. The highest BCUT2D eigenvalue weighted by Gasteiger charge is 2.19. The van der Waals surface area contributed by atoms with E-state index in [4.69, 9.17) is 21.0 Å². The minimum atomic E-state index is -0.0114. The van der Waals surface area contributed by atoms with Gasteiger partial charge in [-0.1, -0.05) is 0 Å². The average molecular weight is 264 g/mol. The highest BCUT2D eigenvalue weighted by atomic mass is 16.5. The van der Waals surface area contributed by atoms with Gasteiger partial charge in [0.1, 0.15) is 11.5 Å². The van der Waals surface area contributed by atoms with Gasteiger partial charge in [-0.05, 0) is 25.0 Å². The van der Waals surface area contributed by atoms with Crippen molar-refractivity contribution in [3.63, 3.8) is 0 Å². The van der Waals surface area contributed by atoms with E-state index in [9.17, 15) is 0 Å². The van der Waals surface area contributed by atoms with Crippen LogP contribution in [0.3, 0.4) is 0 Å². The van der Waals surface area contributed by atoms with E-state index in [0.717, 1.165) is 31.6 Å². The Morgan fingerprint density at radius 3 is 2.74 bits per heavy atom. The van der Waals surface area contributed by atoms with Gasteiger partial charge in [0.2, 0.25) is 0 Å². The fourth-order valence-electron chi connectivity index (χ4n) is 2.23. The zero-order chi connectivity index (χ0) is 13.7. The van der Waals surface area contributed by atoms with Crippen LogP contribution in [0.4, 0.5) is 5.69 Å². The van der Waals surface area contributed by atoms with Crippen molar-refractivity contribution < 1.29 is 9.84 Å². The highest BCUT2D eigenvalue weighted by molar-refractivity contribution is 5.93. The second-order valence-electron chi connectivity index (χ2n) is 4.60. The van der Waals surface area contributed by atoms with Crippen molar-refractivity contribution >= 4 is 11.5 Å². The number of pyridine rings is 1. The number of hydrogen-bond acceptors (Lipinski definition) is 5. The lowest BCUT2D eigenvalue weighted by Gasteiger charge is -2.33. The lowest BCUT2D eigenvalue weighted by atomic mass is 10.1. The zero-order valence-electron chi connectivity index (χ0n) is 10.9. The number of nitrogens with one attached hydrogen (secondary N) is 1. The van der Waals surface area contributed by atoms with E-state index in [1.807, 2.05) is 6.07 Å². The molecule has 1 aliphatic heterocycles. The van der Waals surface area contributed by atoms with Crippen molar-refractivity contribution in [3.8, 4) is 0 Å². The van der Waals surface area contributed by atoms with Crippen molar-refractivity contribution in [3.05, 3.63) is 24.0 Å². The maximum Gasteiger partial charge on any atom is 0.141 e. The maximum absolute atomic E-state index is 8.73. The molecule has 0 atom stereocenters. The van der Waals surface area contributed by atoms with Crippen molar-refractivity contribution in [1.29, 1.82) is 5.41 Å². The number of ether oxygens (including phenoxy) is 1. The van der Waals surface area contributed by atoms with Crippen molar-refractivity contribution in [2.75, 3.05) is 31.2 Å². The molecule has 6 nitrogen and oxygen atoms in total. The molecule has 0 aromatic carbocycles. The summed E-state index contributed by atoms with van der Waals surface area (Å²) in [5, 5.41) is 16.0. The summed E-state index contributed by atoms with van der Waals surface area (Å²) in [6, 6.07) is 3.71. The summed E-state index contributed by atoms with van der Waals surface area (Å²) in [6.07, 6.45) is 3.90. The summed E-state index contributed by atoms with van der Waals surface area (Å²) in [4.78, 5) is 6.41. The molecular weight excluding hydrogens is 244 g/mol. The maximum atomic E-state index is 8.73. The van der Waals surface area contributed by atoms with E-state index < -0.39 is 0 Å². The Labute approximate surface area is 112 Å². The number of aliphatic hydroxyl groups is 1. The molecular formula is C13H20N4O2. The van der Waals surface area contributed by atoms with Crippen LogP contribution in [-0.2, 0) is 4.74 Å². The van der Waals surface area contributed by atoms with Crippen LogP contribution in [0.1, 0.15) is 18.5 Å². The Balaban J connectivity index is 1.88. The Morgan fingerprint density at radius 2 is 2.21 bits per heavy atom. The van der Waals surface area contributed by atoms with Gasteiger partial charge < -0.3 is 20.5 Å². The predicted octanol–water partition coefficient (Wildman–Crippen LogP) is 0.343. The van der Waals surface area contributed by atoms with E-state index in [2.05, 4.69) is 9.88 Å². The number of nitrogens with two attached hydrogens (primary N) is 1. The Kier molecular flexibility index (Phi) is 4.70. The molecule has 0 unspecified atom stereocenters. The van der Waals surface area contributed by atoms with Gasteiger partial charge in [0.05, 0.1) is 31.2 Å². The highest BCUT2D eigenvalue weighted by Crippen LogP contribution is 2.20. The van der Waals surface area contributed by atoms with Gasteiger partial charge in [-0.15, -0.1) is 0 Å². The number of aliphatic hydroxyl groups excluding tert-OH is 1. The lowest BCUT2D eigenvalue weighted by Crippen LogP contribution is -2.37. The van der Waals surface area contributed by atoms with Gasteiger partial charge >= 0.3 is 0 Å². The second-order valence-corrected chi connectivity index (χ2v) is 4.60. The molecule has 0 bridgehead atoms. The summed E-state index contributed by atoms with van der Waals surface area (Å²) in [6.45, 7) is 2.32. The number of nitrogen functional groups attached to an aromatic ring is 1. The number of amidine groups is 1. The number of aromatic nitrogens is 1. The fraction of sp³-hybridized carbons (Fsp3) is 0.538. The van der Waals surface area contributed by atoms with Crippen LogP contribution in [0.25, 0.3) is 0 Å². The van der Waals surface area contributed by atoms with Crippen LogP contribution in [0.5, 0.6) is 0 Å². The molecule has 1 aromatic rings. The molecule has 0 spiro atoms. The zero-order valence-corrected chi connectivity index (χ0v) is 10.9. The number of hydrogen-bond donors (Lipinski definition) is 3. The smallest absolute Gasteiger partial charge is 0.141 e. The van der Waals surface area contributed by atoms with Gasteiger partial charge in [0, 0.05) is 13.1 Å². The monoisotopic (exact) mass is 264 g/mol. The van der Waals surface area contributed by atoms with Gasteiger partial charge in [-0.2, -0.15) is 0 Å². The summed E-state index contributed by atoms with van der Waals surface area (Å²) >= 11 is 0. The van der Waals surface area contributed by atoms with E-state index >= 15 is 0 Å². The molecule has 2 rings (SSSR count). The third kappa shape index (κ3) is 3.65. The largest absolute Gasteiger partial charge is 0.394 e. The molecule has 1 fully saturated rings. The van der Waals surface area contributed by atoms with E-state index in [0.29, 0.717) is 12.3 Å². The Bertz CT molecular complexity index is 413. The molecule has 0 amide bonds. The quantitative estimate of drug-likeness (QED) is 0.526. The lowest BCUT2D eigenvalue weighted by molar-refractivity contribution is 0.0159. The number of rotatable bonds is 5. The number of anilines is 1. The molecule has 0 saturated carbocycles. The molecule has 104 valence electrons. The third-order valence-electron chi connectivity index (χ3n) is 3.28. The van der Waals surface area contributed by atoms with E-state index in [-0.39, 0.29) is 18.5 Å². The summed E-state index contributed by atoms with van der Waals surface area (Å²) in [7, 11) is 0. The van der Waals surface area contributed by atoms with Crippen molar-refractivity contribution in [2.45, 2.75) is 18.9 Å². The van der Waals surface area contributed by atoms with E-state index in [1.54, 1.807) is 12.3 Å². The van der Waals surface area contributed by atoms with Crippen LogP contribution in [0, 0.1) is 5.41 Å². The molecule has 4 N–H and O–H groups in total. The first-order valence-electron chi connectivity index (χ1n) is 6.48. The first-order chi connectivity index (χ1) is 9.20. The summed E-state index contributed by atoms with van der Waals surface area (Å²) in [5.41, 5.74) is 6.93. The van der Waals surface area contributed by atoms with Crippen LogP contribution in [0.15, 0.2) is 18.3 Å². The van der Waals surface area contributed by atoms with Crippen LogP contribution >= 0.6 is 0 Å². The predicted molar refractivity (Wildman–Crippen MR) is 73.5 cm³/mol. The van der Waals surface area contributed by atoms with Crippen molar-refractivity contribution in [2.24, 2.45) is 5.73 Å². The second kappa shape index (κ2) is 6.49. The summed E-state index contributed by atoms with van der Waals surface area (Å²) < 4.78 is 5.53. The van der Waals surface area contributed by atoms with Crippen LogP contribution in [-0.4, -0.2) is 48.3 Å². The molecule has 0 aliphatic carbocycles. The van der Waals surface area contributed by atoms with Gasteiger partial charge in [0.15, 0.2) is 0 Å². The minimum Gasteiger partial charge on any atom is -0.394 e. The minimum absolute atomic E-state index is 0.0114. The molecule has 1 saturated heterocycles. The van der Waals surface area contributed by atoms with Crippen LogP contribution < -0.4 is 10.6 Å². The summed E-state index contributed by atoms with van der Waals surface area (Å²) in [5.74, 6) is -0.0114. The molecule has 0 radical (unpaired) electrons. The Hall–Kier alpha value is -1.66. The number of piperidine rings is 1. The van der Waals surface area contributed by atoms with Crippen LogP contribution in [0.2, 0.25) is 0 Å². The van der Waals surface area contributed by atoms with Gasteiger partial charge in [-0.25, -0.2) is 0 Å². The van der Waals surface area contributed by atoms with Gasteiger partial charge in [-0.3, -0.25) is 10.4 Å². The third-order valence-corrected chi connectivity index (χ3v) is 3.28. The Morgan fingerprint density at radius 1 is 1.47 bits per heavy atom.